The Balaban J connectivity index is 1.84. The van der Waals surface area contributed by atoms with Crippen LogP contribution in [0.3, 0.4) is 0 Å². The molecule has 0 radical (unpaired) electrons. The smallest absolute Gasteiger partial charge is 0.341 e. The highest BCUT2D eigenvalue weighted by Crippen LogP contribution is 2.38. The molecule has 1 N–H and O–H groups in total. The SMILES string of the molecule is COC(=O)c1c(NC(=O)/C=C/c2ccco2)sc2c1CCN(C(C)C)C2. The molecule has 0 spiro atoms. The van der Waals surface area contributed by atoms with Crippen molar-refractivity contribution in [2.75, 3.05) is 19.0 Å². The maximum atomic E-state index is 12.3. The molecule has 138 valence electrons. The Morgan fingerprint density at radius 2 is 2.23 bits per heavy atom. The van der Waals surface area contributed by atoms with Gasteiger partial charge in [-0.05, 0) is 44.0 Å². The number of esters is 1. The number of ether oxygens (including phenoxy) is 1. The van der Waals surface area contributed by atoms with Gasteiger partial charge in [-0.15, -0.1) is 11.3 Å². The van der Waals surface area contributed by atoms with Crippen molar-refractivity contribution in [2.24, 2.45) is 0 Å². The van der Waals surface area contributed by atoms with Crippen molar-refractivity contribution in [1.29, 1.82) is 0 Å². The van der Waals surface area contributed by atoms with E-state index in [2.05, 4.69) is 24.1 Å². The number of hydrogen-bond acceptors (Lipinski definition) is 6. The number of hydrogen-bond donors (Lipinski definition) is 1. The van der Waals surface area contributed by atoms with Gasteiger partial charge in [0.25, 0.3) is 0 Å². The predicted octanol–water partition coefficient (Wildman–Crippen LogP) is 3.55. The lowest BCUT2D eigenvalue weighted by molar-refractivity contribution is -0.111. The van der Waals surface area contributed by atoms with Crippen LogP contribution in [-0.2, 0) is 22.5 Å². The lowest BCUT2D eigenvalue weighted by Crippen LogP contribution is -2.35. The van der Waals surface area contributed by atoms with Crippen LogP contribution in [0, 0.1) is 0 Å². The van der Waals surface area contributed by atoms with Gasteiger partial charge in [-0.3, -0.25) is 9.69 Å². The highest BCUT2D eigenvalue weighted by molar-refractivity contribution is 7.17. The quantitative estimate of drug-likeness (QED) is 0.640. The monoisotopic (exact) mass is 374 g/mol. The molecule has 0 aliphatic carbocycles. The summed E-state index contributed by atoms with van der Waals surface area (Å²) in [6.07, 6.45) is 5.29. The van der Waals surface area contributed by atoms with Crippen molar-refractivity contribution in [3.63, 3.8) is 0 Å². The van der Waals surface area contributed by atoms with E-state index in [1.165, 1.54) is 24.5 Å². The molecule has 3 rings (SSSR count). The zero-order chi connectivity index (χ0) is 18.7. The summed E-state index contributed by atoms with van der Waals surface area (Å²) in [5, 5.41) is 3.36. The van der Waals surface area contributed by atoms with Crippen LogP contribution in [0.5, 0.6) is 0 Å². The Morgan fingerprint density at radius 1 is 1.42 bits per heavy atom. The molecule has 0 saturated carbocycles. The first-order valence-electron chi connectivity index (χ1n) is 8.49. The number of furan rings is 1. The van der Waals surface area contributed by atoms with Crippen molar-refractivity contribution >= 4 is 34.3 Å². The van der Waals surface area contributed by atoms with E-state index >= 15 is 0 Å². The molecule has 0 fully saturated rings. The standard InChI is InChI=1S/C19H22N2O4S/c1-12(2)21-9-8-14-15(11-21)26-18(17(14)19(23)24-3)20-16(22)7-6-13-5-4-10-25-13/h4-7,10,12H,8-9,11H2,1-3H3,(H,20,22)/b7-6+. The Kier molecular flexibility index (Phi) is 5.58. The van der Waals surface area contributed by atoms with Gasteiger partial charge in [0.1, 0.15) is 10.8 Å². The van der Waals surface area contributed by atoms with Crippen LogP contribution in [0.2, 0.25) is 0 Å². The number of nitrogens with zero attached hydrogens (tertiary/aromatic N) is 1. The summed E-state index contributed by atoms with van der Waals surface area (Å²) in [5.74, 6) is -0.136. The summed E-state index contributed by atoms with van der Waals surface area (Å²) in [6, 6.07) is 3.94. The summed E-state index contributed by atoms with van der Waals surface area (Å²) in [6.45, 7) is 5.97. The molecular weight excluding hydrogens is 352 g/mol. The number of amides is 1. The van der Waals surface area contributed by atoms with Gasteiger partial charge in [-0.25, -0.2) is 4.79 Å². The van der Waals surface area contributed by atoms with Gasteiger partial charge in [0.05, 0.1) is 18.9 Å². The molecule has 0 atom stereocenters. The minimum Gasteiger partial charge on any atom is -0.465 e. The third kappa shape index (κ3) is 3.89. The third-order valence-electron chi connectivity index (χ3n) is 4.39. The minimum atomic E-state index is -0.411. The number of thiophene rings is 1. The van der Waals surface area contributed by atoms with E-state index in [4.69, 9.17) is 9.15 Å². The van der Waals surface area contributed by atoms with Crippen molar-refractivity contribution < 1.29 is 18.7 Å². The molecule has 0 bridgehead atoms. The van der Waals surface area contributed by atoms with Gasteiger partial charge < -0.3 is 14.5 Å². The van der Waals surface area contributed by atoms with Crippen LogP contribution in [0.4, 0.5) is 5.00 Å². The van der Waals surface area contributed by atoms with Crippen molar-refractivity contribution in [3.8, 4) is 0 Å². The van der Waals surface area contributed by atoms with Crippen LogP contribution in [0.1, 0.15) is 40.4 Å². The summed E-state index contributed by atoms with van der Waals surface area (Å²) in [4.78, 5) is 28.0. The number of anilines is 1. The molecule has 0 unspecified atom stereocenters. The second kappa shape index (κ2) is 7.88. The fourth-order valence-electron chi connectivity index (χ4n) is 2.97. The fourth-order valence-corrected chi connectivity index (χ4v) is 4.23. The van der Waals surface area contributed by atoms with Gasteiger partial charge >= 0.3 is 5.97 Å². The first-order valence-corrected chi connectivity index (χ1v) is 9.30. The van der Waals surface area contributed by atoms with Crippen LogP contribution < -0.4 is 5.32 Å². The van der Waals surface area contributed by atoms with Gasteiger partial charge in [0, 0.05) is 30.1 Å². The first-order chi connectivity index (χ1) is 12.5. The Hall–Kier alpha value is -2.38. The largest absolute Gasteiger partial charge is 0.465 e. The minimum absolute atomic E-state index is 0.314. The molecule has 0 aromatic carbocycles. The normalized spacial score (nSPS) is 14.6. The van der Waals surface area contributed by atoms with Gasteiger partial charge in [0.2, 0.25) is 5.91 Å². The van der Waals surface area contributed by atoms with E-state index in [-0.39, 0.29) is 5.91 Å². The highest BCUT2D eigenvalue weighted by Gasteiger charge is 2.29. The molecule has 0 saturated heterocycles. The fraction of sp³-hybridized carbons (Fsp3) is 0.368. The first kappa shape index (κ1) is 18.4. The predicted molar refractivity (Wildman–Crippen MR) is 101 cm³/mol. The highest BCUT2D eigenvalue weighted by atomic mass is 32.1. The molecule has 1 aliphatic rings. The van der Waals surface area contributed by atoms with Crippen molar-refractivity contribution in [1.82, 2.24) is 4.90 Å². The van der Waals surface area contributed by atoms with Crippen molar-refractivity contribution in [3.05, 3.63) is 46.2 Å². The van der Waals surface area contributed by atoms with E-state index in [0.717, 1.165) is 30.0 Å². The second-order valence-corrected chi connectivity index (χ2v) is 7.46. The van der Waals surface area contributed by atoms with Crippen LogP contribution in [0.15, 0.2) is 28.9 Å². The molecule has 1 aliphatic heterocycles. The molecule has 2 aromatic rings. The molecule has 1 amide bonds. The molecule has 6 nitrogen and oxygen atoms in total. The Morgan fingerprint density at radius 3 is 2.88 bits per heavy atom. The van der Waals surface area contributed by atoms with E-state index in [1.54, 1.807) is 24.5 Å². The molecule has 2 aromatic heterocycles. The van der Waals surface area contributed by atoms with Gasteiger partial charge in [-0.1, -0.05) is 0 Å². The summed E-state index contributed by atoms with van der Waals surface area (Å²) in [5.41, 5.74) is 1.47. The maximum absolute atomic E-state index is 12.3. The van der Waals surface area contributed by atoms with E-state index < -0.39 is 5.97 Å². The maximum Gasteiger partial charge on any atom is 0.341 e. The second-order valence-electron chi connectivity index (χ2n) is 6.35. The van der Waals surface area contributed by atoms with E-state index in [0.29, 0.717) is 22.4 Å². The molecular formula is C19H22N2O4S. The van der Waals surface area contributed by atoms with E-state index in [9.17, 15) is 9.59 Å². The summed E-state index contributed by atoms with van der Waals surface area (Å²) >= 11 is 1.45. The number of fused-ring (bicyclic) bond motifs is 1. The number of methoxy groups -OCH3 is 1. The Bertz CT molecular complexity index is 821. The molecule has 3 heterocycles. The van der Waals surface area contributed by atoms with Crippen LogP contribution in [-0.4, -0.2) is 36.5 Å². The topological polar surface area (TPSA) is 71.8 Å². The molecule has 26 heavy (non-hydrogen) atoms. The third-order valence-corrected chi connectivity index (χ3v) is 5.52. The van der Waals surface area contributed by atoms with Gasteiger partial charge in [-0.2, -0.15) is 0 Å². The number of carbonyl (C=O) groups is 2. The lowest BCUT2D eigenvalue weighted by Gasteiger charge is -2.30. The zero-order valence-corrected chi connectivity index (χ0v) is 15.9. The summed E-state index contributed by atoms with van der Waals surface area (Å²) in [7, 11) is 1.36. The summed E-state index contributed by atoms with van der Waals surface area (Å²) < 4.78 is 10.1. The number of nitrogens with one attached hydrogen (secondary N) is 1. The van der Waals surface area contributed by atoms with Gasteiger partial charge in [0.15, 0.2) is 0 Å². The van der Waals surface area contributed by atoms with E-state index in [1.807, 2.05) is 0 Å². The average molecular weight is 374 g/mol. The molecule has 7 heteroatoms. The van der Waals surface area contributed by atoms with Crippen LogP contribution in [0.25, 0.3) is 6.08 Å². The number of rotatable bonds is 5. The van der Waals surface area contributed by atoms with Crippen molar-refractivity contribution in [2.45, 2.75) is 32.9 Å². The zero-order valence-electron chi connectivity index (χ0n) is 15.1. The number of carbonyl (C=O) groups excluding carboxylic acids is 2. The average Bonchev–Trinajstić information content (AvgIpc) is 3.25. The lowest BCUT2D eigenvalue weighted by atomic mass is 10.0. The Labute approximate surface area is 156 Å². The van der Waals surface area contributed by atoms with Crippen LogP contribution >= 0.6 is 11.3 Å².